The van der Waals surface area contributed by atoms with Gasteiger partial charge in [-0.1, -0.05) is 28.1 Å². The Morgan fingerprint density at radius 2 is 2.00 bits per heavy atom. The summed E-state index contributed by atoms with van der Waals surface area (Å²) in [7, 11) is 0. The van der Waals surface area contributed by atoms with Crippen molar-refractivity contribution >= 4 is 55.0 Å². The first-order valence-corrected chi connectivity index (χ1v) is 9.49. The van der Waals surface area contributed by atoms with Gasteiger partial charge < -0.3 is 0 Å². The van der Waals surface area contributed by atoms with Gasteiger partial charge in [-0.15, -0.1) is 23.1 Å². The van der Waals surface area contributed by atoms with Gasteiger partial charge in [0.25, 0.3) is 0 Å². The summed E-state index contributed by atoms with van der Waals surface area (Å²) in [5.74, 6) is 1.07. The Bertz CT molecular complexity index is 786. The van der Waals surface area contributed by atoms with Crippen LogP contribution in [0.2, 0.25) is 0 Å². The van der Waals surface area contributed by atoms with Gasteiger partial charge in [-0.05, 0) is 35.8 Å². The van der Waals surface area contributed by atoms with E-state index in [0.717, 1.165) is 37.5 Å². The zero-order valence-corrected chi connectivity index (χ0v) is 14.9. The second-order valence-electron chi connectivity index (χ2n) is 4.70. The maximum absolute atomic E-state index is 12.1. The highest BCUT2D eigenvalue weighted by atomic mass is 79.9. The normalized spacial score (nSPS) is 11.0. The Balaban J connectivity index is 1.52. The highest BCUT2D eigenvalue weighted by Crippen LogP contribution is 2.29. The van der Waals surface area contributed by atoms with Gasteiger partial charge in [-0.25, -0.2) is 9.97 Å². The number of ketones is 1. The molecule has 0 bridgehead atoms. The van der Waals surface area contributed by atoms with Crippen molar-refractivity contribution in [3.63, 3.8) is 0 Å². The number of fused-ring (bicyclic) bond motifs is 1. The third-order valence-corrected chi connectivity index (χ3v) is 5.81. The van der Waals surface area contributed by atoms with Crippen LogP contribution in [0.1, 0.15) is 23.2 Å². The maximum Gasteiger partial charge on any atom is 0.162 e. The molecule has 3 aromatic rings. The van der Waals surface area contributed by atoms with Crippen molar-refractivity contribution in [3.8, 4) is 0 Å². The van der Waals surface area contributed by atoms with E-state index in [-0.39, 0.29) is 5.78 Å². The molecule has 2 heterocycles. The third-order valence-electron chi connectivity index (χ3n) is 3.16. The number of benzene rings is 1. The standard InChI is InChI=1S/C16H13BrN2OS2/c17-12-5-3-11(4-6-12)14(20)2-1-8-22-16-15-13(7-9-21-15)18-10-19-16/h3-7,9-10H,1-2,8H2. The summed E-state index contributed by atoms with van der Waals surface area (Å²) in [5.41, 5.74) is 1.77. The molecule has 0 saturated heterocycles. The molecule has 112 valence electrons. The second kappa shape index (κ2) is 7.35. The van der Waals surface area contributed by atoms with Crippen LogP contribution in [0.3, 0.4) is 0 Å². The topological polar surface area (TPSA) is 42.9 Å². The van der Waals surface area contributed by atoms with Crippen LogP contribution in [-0.4, -0.2) is 21.5 Å². The minimum absolute atomic E-state index is 0.192. The largest absolute Gasteiger partial charge is 0.294 e. The van der Waals surface area contributed by atoms with Crippen LogP contribution in [0.15, 0.2) is 51.5 Å². The third kappa shape index (κ3) is 3.74. The van der Waals surface area contributed by atoms with Crippen molar-refractivity contribution in [1.82, 2.24) is 9.97 Å². The molecule has 6 heteroatoms. The molecule has 0 aliphatic carbocycles. The summed E-state index contributed by atoms with van der Waals surface area (Å²) in [4.78, 5) is 20.7. The number of aromatic nitrogens is 2. The second-order valence-corrected chi connectivity index (χ2v) is 7.61. The Kier molecular flexibility index (Phi) is 5.23. The molecule has 1 aromatic carbocycles. The van der Waals surface area contributed by atoms with Crippen molar-refractivity contribution < 1.29 is 4.79 Å². The summed E-state index contributed by atoms with van der Waals surface area (Å²) in [6.07, 6.45) is 3.01. The number of halogens is 1. The number of Topliss-reactive ketones (excluding diaryl/α,β-unsaturated/α-hetero) is 1. The van der Waals surface area contributed by atoms with Gasteiger partial charge in [0.05, 0.1) is 10.2 Å². The van der Waals surface area contributed by atoms with Crippen LogP contribution in [0, 0.1) is 0 Å². The minimum Gasteiger partial charge on any atom is -0.294 e. The molecule has 22 heavy (non-hydrogen) atoms. The van der Waals surface area contributed by atoms with E-state index in [1.807, 2.05) is 35.7 Å². The number of hydrogen-bond donors (Lipinski definition) is 0. The lowest BCUT2D eigenvalue weighted by molar-refractivity contribution is 0.0982. The molecular weight excluding hydrogens is 380 g/mol. The fourth-order valence-electron chi connectivity index (χ4n) is 2.05. The van der Waals surface area contributed by atoms with E-state index in [1.54, 1.807) is 29.4 Å². The molecule has 0 spiro atoms. The van der Waals surface area contributed by atoms with Gasteiger partial charge in [0.1, 0.15) is 11.4 Å². The highest BCUT2D eigenvalue weighted by molar-refractivity contribution is 9.10. The van der Waals surface area contributed by atoms with Crippen LogP contribution < -0.4 is 0 Å². The highest BCUT2D eigenvalue weighted by Gasteiger charge is 2.08. The van der Waals surface area contributed by atoms with Crippen molar-refractivity contribution in [3.05, 3.63) is 52.1 Å². The number of rotatable bonds is 6. The summed E-state index contributed by atoms with van der Waals surface area (Å²) in [5, 5.41) is 3.04. The molecule has 0 aliphatic rings. The van der Waals surface area contributed by atoms with E-state index in [2.05, 4.69) is 25.9 Å². The lowest BCUT2D eigenvalue weighted by Crippen LogP contribution is -1.99. The van der Waals surface area contributed by atoms with Gasteiger partial charge in [-0.3, -0.25) is 4.79 Å². The fourth-order valence-corrected chi connectivity index (χ4v) is 4.20. The lowest BCUT2D eigenvalue weighted by Gasteiger charge is -2.03. The summed E-state index contributed by atoms with van der Waals surface area (Å²) >= 11 is 6.73. The monoisotopic (exact) mass is 392 g/mol. The van der Waals surface area contributed by atoms with Gasteiger partial charge >= 0.3 is 0 Å². The van der Waals surface area contributed by atoms with Crippen molar-refractivity contribution in [2.45, 2.75) is 17.9 Å². The molecule has 0 amide bonds. The number of nitrogens with zero attached hydrogens (tertiary/aromatic N) is 2. The lowest BCUT2D eigenvalue weighted by atomic mass is 10.1. The van der Waals surface area contributed by atoms with Crippen molar-refractivity contribution in [1.29, 1.82) is 0 Å². The fraction of sp³-hybridized carbons (Fsp3) is 0.188. The zero-order valence-electron chi connectivity index (χ0n) is 11.7. The van der Waals surface area contributed by atoms with Crippen LogP contribution in [0.4, 0.5) is 0 Å². The molecule has 0 fully saturated rings. The van der Waals surface area contributed by atoms with Gasteiger partial charge in [0, 0.05) is 16.5 Å². The number of thioether (sulfide) groups is 1. The predicted octanol–water partition coefficient (Wildman–Crippen LogP) is 5.21. The van der Waals surface area contributed by atoms with Crippen molar-refractivity contribution in [2.75, 3.05) is 5.75 Å². The molecule has 3 rings (SSSR count). The van der Waals surface area contributed by atoms with E-state index in [1.165, 1.54) is 0 Å². The molecule has 0 N–H and O–H groups in total. The van der Waals surface area contributed by atoms with E-state index in [4.69, 9.17) is 0 Å². The molecule has 0 saturated carbocycles. The average Bonchev–Trinajstić information content (AvgIpc) is 3.01. The van der Waals surface area contributed by atoms with Crippen LogP contribution in [-0.2, 0) is 0 Å². The summed E-state index contributed by atoms with van der Waals surface area (Å²) in [6, 6.07) is 9.52. The average molecular weight is 393 g/mol. The minimum atomic E-state index is 0.192. The SMILES string of the molecule is O=C(CCCSc1ncnc2ccsc12)c1ccc(Br)cc1. The molecular formula is C16H13BrN2OS2. The van der Waals surface area contributed by atoms with Crippen LogP contribution in [0.25, 0.3) is 10.2 Å². The smallest absolute Gasteiger partial charge is 0.162 e. The number of thiophene rings is 1. The van der Waals surface area contributed by atoms with Crippen molar-refractivity contribution in [2.24, 2.45) is 0 Å². The molecule has 2 aromatic heterocycles. The molecule has 0 unspecified atom stereocenters. The molecule has 0 atom stereocenters. The van der Waals surface area contributed by atoms with E-state index >= 15 is 0 Å². The predicted molar refractivity (Wildman–Crippen MR) is 95.8 cm³/mol. The zero-order chi connectivity index (χ0) is 15.4. The van der Waals surface area contributed by atoms with Gasteiger partial charge in [0.15, 0.2) is 5.78 Å². The molecule has 0 radical (unpaired) electrons. The van der Waals surface area contributed by atoms with E-state index in [0.29, 0.717) is 6.42 Å². The van der Waals surface area contributed by atoms with E-state index < -0.39 is 0 Å². The number of carbonyl (C=O) groups is 1. The quantitative estimate of drug-likeness (QED) is 0.250. The Morgan fingerprint density at radius 3 is 2.82 bits per heavy atom. The van der Waals surface area contributed by atoms with E-state index in [9.17, 15) is 4.79 Å². The van der Waals surface area contributed by atoms with Crippen LogP contribution >= 0.6 is 39.0 Å². The summed E-state index contributed by atoms with van der Waals surface area (Å²) < 4.78 is 2.12. The summed E-state index contributed by atoms with van der Waals surface area (Å²) in [6.45, 7) is 0. The van der Waals surface area contributed by atoms with Gasteiger partial charge in [0.2, 0.25) is 0 Å². The first-order chi connectivity index (χ1) is 10.7. The Morgan fingerprint density at radius 1 is 1.18 bits per heavy atom. The first-order valence-electron chi connectivity index (χ1n) is 6.84. The first kappa shape index (κ1) is 15.6. The maximum atomic E-state index is 12.1. The Labute approximate surface area is 145 Å². The molecule has 3 nitrogen and oxygen atoms in total. The number of carbonyl (C=O) groups excluding carboxylic acids is 1. The number of hydrogen-bond acceptors (Lipinski definition) is 5. The molecule has 0 aliphatic heterocycles. The van der Waals surface area contributed by atoms with Gasteiger partial charge in [-0.2, -0.15) is 0 Å². The van der Waals surface area contributed by atoms with Crippen LogP contribution in [0.5, 0.6) is 0 Å². The Hall–Kier alpha value is -1.24.